The van der Waals surface area contributed by atoms with Crippen LogP contribution in [0.2, 0.25) is 5.02 Å². The summed E-state index contributed by atoms with van der Waals surface area (Å²) < 4.78 is 5.72. The second kappa shape index (κ2) is 6.31. The second-order valence-electron chi connectivity index (χ2n) is 5.40. The second-order valence-corrected chi connectivity index (χ2v) is 5.84. The zero-order chi connectivity index (χ0) is 14.7. The highest BCUT2D eigenvalue weighted by Gasteiger charge is 2.31. The molecule has 0 saturated heterocycles. The Balaban J connectivity index is 1.72. The molecule has 0 aliphatic heterocycles. The van der Waals surface area contributed by atoms with Gasteiger partial charge in [-0.3, -0.25) is 0 Å². The molecule has 2 aromatic rings. The van der Waals surface area contributed by atoms with E-state index in [-0.39, 0.29) is 18.0 Å². The maximum absolute atomic E-state index is 12.2. The van der Waals surface area contributed by atoms with Crippen LogP contribution in [0.15, 0.2) is 54.6 Å². The Hall–Kier alpha value is -1.80. The van der Waals surface area contributed by atoms with Crippen LogP contribution in [0.1, 0.15) is 41.1 Å². The Morgan fingerprint density at radius 1 is 1.00 bits per heavy atom. The average molecular weight is 301 g/mol. The van der Waals surface area contributed by atoms with Gasteiger partial charge in [-0.15, -0.1) is 0 Å². The summed E-state index contributed by atoms with van der Waals surface area (Å²) in [6.07, 6.45) is 3.01. The standard InChI is InChI=1S/C18H17ClO2/c19-15-11-9-13(10-12-15)16-7-4-8-17(16)21-18(20)14-5-2-1-3-6-14/h1-3,5-6,9-12,16-17H,4,7-8H2/t16-,17-/m1/s1. The molecule has 2 atom stereocenters. The van der Waals surface area contributed by atoms with Gasteiger partial charge in [0.2, 0.25) is 0 Å². The highest BCUT2D eigenvalue weighted by atomic mass is 35.5. The number of ether oxygens (including phenoxy) is 1. The number of benzene rings is 2. The Morgan fingerprint density at radius 3 is 2.43 bits per heavy atom. The minimum Gasteiger partial charge on any atom is -0.458 e. The quantitative estimate of drug-likeness (QED) is 0.759. The highest BCUT2D eigenvalue weighted by Crippen LogP contribution is 2.37. The minimum absolute atomic E-state index is 0.0427. The number of carbonyl (C=O) groups excluding carboxylic acids is 1. The maximum Gasteiger partial charge on any atom is 0.338 e. The first-order valence-electron chi connectivity index (χ1n) is 7.25. The normalized spacial score (nSPS) is 21.2. The third-order valence-electron chi connectivity index (χ3n) is 4.02. The van der Waals surface area contributed by atoms with E-state index in [4.69, 9.17) is 16.3 Å². The predicted octanol–water partition coefficient (Wildman–Crippen LogP) is 4.83. The van der Waals surface area contributed by atoms with E-state index < -0.39 is 0 Å². The van der Waals surface area contributed by atoms with Gasteiger partial charge in [0, 0.05) is 10.9 Å². The van der Waals surface area contributed by atoms with Crippen molar-refractivity contribution in [3.63, 3.8) is 0 Å². The molecule has 2 nitrogen and oxygen atoms in total. The van der Waals surface area contributed by atoms with E-state index in [1.165, 1.54) is 5.56 Å². The van der Waals surface area contributed by atoms with Gasteiger partial charge in [0.1, 0.15) is 6.10 Å². The summed E-state index contributed by atoms with van der Waals surface area (Å²) in [6, 6.07) is 17.0. The number of rotatable bonds is 3. The van der Waals surface area contributed by atoms with Gasteiger partial charge in [-0.2, -0.15) is 0 Å². The SMILES string of the molecule is O=C(O[C@@H]1CCC[C@@H]1c1ccc(Cl)cc1)c1ccccc1. The van der Waals surface area contributed by atoms with Crippen LogP contribution in [-0.4, -0.2) is 12.1 Å². The lowest BCUT2D eigenvalue weighted by Crippen LogP contribution is -2.21. The summed E-state index contributed by atoms with van der Waals surface area (Å²) in [6.45, 7) is 0. The molecule has 3 heteroatoms. The van der Waals surface area contributed by atoms with Crippen molar-refractivity contribution < 1.29 is 9.53 Å². The van der Waals surface area contributed by atoms with E-state index >= 15 is 0 Å². The fraction of sp³-hybridized carbons (Fsp3) is 0.278. The van der Waals surface area contributed by atoms with Crippen LogP contribution >= 0.6 is 11.6 Å². The topological polar surface area (TPSA) is 26.3 Å². The monoisotopic (exact) mass is 300 g/mol. The summed E-state index contributed by atoms with van der Waals surface area (Å²) in [5.41, 5.74) is 1.81. The van der Waals surface area contributed by atoms with Crippen molar-refractivity contribution in [3.8, 4) is 0 Å². The number of halogens is 1. The molecule has 0 amide bonds. The molecule has 0 unspecified atom stereocenters. The van der Waals surface area contributed by atoms with E-state index in [9.17, 15) is 4.79 Å². The molecule has 108 valence electrons. The molecule has 3 rings (SSSR count). The number of carbonyl (C=O) groups is 1. The van der Waals surface area contributed by atoms with Crippen LogP contribution in [0.5, 0.6) is 0 Å². The van der Waals surface area contributed by atoms with Crippen molar-refractivity contribution in [1.29, 1.82) is 0 Å². The first-order valence-corrected chi connectivity index (χ1v) is 7.63. The van der Waals surface area contributed by atoms with Crippen LogP contribution in [-0.2, 0) is 4.74 Å². The summed E-state index contributed by atoms with van der Waals surface area (Å²) in [5, 5.41) is 0.731. The average Bonchev–Trinajstić information content (AvgIpc) is 2.97. The van der Waals surface area contributed by atoms with E-state index in [0.717, 1.165) is 24.3 Å². The fourth-order valence-corrected chi connectivity index (χ4v) is 3.06. The smallest absolute Gasteiger partial charge is 0.338 e. The van der Waals surface area contributed by atoms with E-state index in [1.807, 2.05) is 42.5 Å². The Morgan fingerprint density at radius 2 is 1.71 bits per heavy atom. The molecule has 21 heavy (non-hydrogen) atoms. The predicted molar refractivity (Wildman–Crippen MR) is 83.7 cm³/mol. The third kappa shape index (κ3) is 3.27. The van der Waals surface area contributed by atoms with Gasteiger partial charge in [0.25, 0.3) is 0 Å². The van der Waals surface area contributed by atoms with Crippen LogP contribution in [0.4, 0.5) is 0 Å². The lowest BCUT2D eigenvalue weighted by atomic mass is 9.96. The van der Waals surface area contributed by atoms with Gasteiger partial charge in [-0.25, -0.2) is 4.79 Å². The molecular formula is C18H17ClO2. The van der Waals surface area contributed by atoms with Crippen molar-refractivity contribution in [2.24, 2.45) is 0 Å². The molecule has 1 aliphatic carbocycles. The van der Waals surface area contributed by atoms with Crippen LogP contribution < -0.4 is 0 Å². The maximum atomic E-state index is 12.2. The Labute approximate surface area is 129 Å². The molecule has 1 aliphatic rings. The van der Waals surface area contributed by atoms with Gasteiger partial charge < -0.3 is 4.74 Å². The van der Waals surface area contributed by atoms with Crippen LogP contribution in [0, 0.1) is 0 Å². The first kappa shape index (κ1) is 14.2. The lowest BCUT2D eigenvalue weighted by Gasteiger charge is -2.20. The van der Waals surface area contributed by atoms with E-state index in [2.05, 4.69) is 0 Å². The van der Waals surface area contributed by atoms with Crippen LogP contribution in [0.3, 0.4) is 0 Å². The van der Waals surface area contributed by atoms with Gasteiger partial charge >= 0.3 is 5.97 Å². The van der Waals surface area contributed by atoms with Crippen molar-refractivity contribution in [2.45, 2.75) is 31.3 Å². The molecule has 0 heterocycles. The summed E-state index contributed by atoms with van der Waals surface area (Å²) in [7, 11) is 0. The molecule has 0 bridgehead atoms. The zero-order valence-corrected chi connectivity index (χ0v) is 12.4. The number of hydrogen-bond acceptors (Lipinski definition) is 2. The third-order valence-corrected chi connectivity index (χ3v) is 4.27. The van der Waals surface area contributed by atoms with Gasteiger partial charge in [0.15, 0.2) is 0 Å². The van der Waals surface area contributed by atoms with Gasteiger partial charge in [0.05, 0.1) is 5.56 Å². The zero-order valence-electron chi connectivity index (χ0n) is 11.7. The molecular weight excluding hydrogens is 284 g/mol. The largest absolute Gasteiger partial charge is 0.458 e. The van der Waals surface area contributed by atoms with Crippen molar-refractivity contribution in [2.75, 3.05) is 0 Å². The van der Waals surface area contributed by atoms with Crippen molar-refractivity contribution in [1.82, 2.24) is 0 Å². The minimum atomic E-state index is -0.235. The highest BCUT2D eigenvalue weighted by molar-refractivity contribution is 6.30. The van der Waals surface area contributed by atoms with Crippen molar-refractivity contribution in [3.05, 3.63) is 70.7 Å². The van der Waals surface area contributed by atoms with Gasteiger partial charge in [-0.05, 0) is 49.1 Å². The van der Waals surface area contributed by atoms with Crippen molar-refractivity contribution >= 4 is 17.6 Å². The molecule has 1 saturated carbocycles. The summed E-state index contributed by atoms with van der Waals surface area (Å²) in [4.78, 5) is 12.2. The Kier molecular flexibility index (Phi) is 4.26. The molecule has 1 fully saturated rings. The molecule has 0 aromatic heterocycles. The molecule has 2 aromatic carbocycles. The fourth-order valence-electron chi connectivity index (χ4n) is 2.94. The first-order chi connectivity index (χ1) is 10.2. The van der Waals surface area contributed by atoms with Gasteiger partial charge in [-0.1, -0.05) is 41.9 Å². The van der Waals surface area contributed by atoms with Crippen LogP contribution in [0.25, 0.3) is 0 Å². The summed E-state index contributed by atoms with van der Waals surface area (Å²) in [5.74, 6) is 0.0383. The molecule has 0 spiro atoms. The lowest BCUT2D eigenvalue weighted by molar-refractivity contribution is 0.0279. The number of hydrogen-bond donors (Lipinski definition) is 0. The van der Waals surface area contributed by atoms with E-state index in [0.29, 0.717) is 5.56 Å². The Bertz CT molecular complexity index is 607. The molecule has 0 radical (unpaired) electrons. The number of esters is 1. The van der Waals surface area contributed by atoms with E-state index in [1.54, 1.807) is 12.1 Å². The molecule has 0 N–H and O–H groups in total. The summed E-state index contributed by atoms with van der Waals surface area (Å²) >= 11 is 5.93.